The Morgan fingerprint density at radius 3 is 2.22 bits per heavy atom. The number of hydrogen-bond acceptors (Lipinski definition) is 7. The molecule has 8 nitrogen and oxygen atoms in total. The fourth-order valence-corrected chi connectivity index (χ4v) is 4.38. The van der Waals surface area contributed by atoms with Gasteiger partial charge in [-0.1, -0.05) is 24.3 Å². The van der Waals surface area contributed by atoms with Gasteiger partial charge in [0.25, 0.3) is 11.7 Å². The highest BCUT2D eigenvalue weighted by atomic mass is 16.5. The van der Waals surface area contributed by atoms with E-state index < -0.39 is 23.7 Å². The first-order valence-corrected chi connectivity index (χ1v) is 11.7. The summed E-state index contributed by atoms with van der Waals surface area (Å²) in [4.78, 5) is 39.6. The molecule has 2 N–H and O–H groups in total. The van der Waals surface area contributed by atoms with E-state index in [1.807, 2.05) is 13.8 Å². The third-order valence-electron chi connectivity index (χ3n) is 6.22. The summed E-state index contributed by atoms with van der Waals surface area (Å²) in [5, 5.41) is 21.1. The molecule has 3 aromatic rings. The number of phenols is 1. The van der Waals surface area contributed by atoms with Crippen molar-refractivity contribution in [1.82, 2.24) is 4.90 Å². The summed E-state index contributed by atoms with van der Waals surface area (Å²) in [5.41, 5.74) is 2.68. The molecule has 1 saturated heterocycles. The number of aromatic hydroxyl groups is 1. The van der Waals surface area contributed by atoms with E-state index in [9.17, 15) is 24.6 Å². The van der Waals surface area contributed by atoms with Crippen molar-refractivity contribution in [2.45, 2.75) is 26.4 Å². The number of ketones is 1. The lowest BCUT2D eigenvalue weighted by molar-refractivity contribution is -0.140. The van der Waals surface area contributed by atoms with E-state index in [1.54, 1.807) is 54.6 Å². The first-order valence-electron chi connectivity index (χ1n) is 11.7. The number of nitrogens with zero attached hydrogens (tertiary/aromatic N) is 1. The second-order valence-corrected chi connectivity index (χ2v) is 8.62. The van der Waals surface area contributed by atoms with Gasteiger partial charge in [0.1, 0.15) is 17.3 Å². The molecule has 1 amide bonds. The van der Waals surface area contributed by atoms with Crippen LogP contribution < -0.4 is 4.74 Å². The second-order valence-electron chi connectivity index (χ2n) is 8.62. The van der Waals surface area contributed by atoms with Crippen molar-refractivity contribution in [2.24, 2.45) is 0 Å². The van der Waals surface area contributed by atoms with Crippen LogP contribution in [0.25, 0.3) is 5.76 Å². The number of carbonyl (C=O) groups excluding carboxylic acids is 3. The van der Waals surface area contributed by atoms with Gasteiger partial charge in [-0.3, -0.25) is 9.59 Å². The molecule has 37 heavy (non-hydrogen) atoms. The van der Waals surface area contributed by atoms with E-state index in [-0.39, 0.29) is 23.6 Å². The minimum Gasteiger partial charge on any atom is -0.508 e. The third-order valence-corrected chi connectivity index (χ3v) is 6.22. The number of aliphatic hydroxyl groups is 1. The van der Waals surface area contributed by atoms with Crippen molar-refractivity contribution in [3.05, 3.63) is 100 Å². The predicted octanol–water partition coefficient (Wildman–Crippen LogP) is 4.51. The van der Waals surface area contributed by atoms with Crippen LogP contribution in [0.4, 0.5) is 0 Å². The molecule has 1 fully saturated rings. The highest BCUT2D eigenvalue weighted by Gasteiger charge is 2.46. The monoisotopic (exact) mass is 501 g/mol. The van der Waals surface area contributed by atoms with Crippen LogP contribution in [0.5, 0.6) is 11.5 Å². The molecule has 0 bridgehead atoms. The maximum atomic E-state index is 13.3. The zero-order valence-corrected chi connectivity index (χ0v) is 20.7. The summed E-state index contributed by atoms with van der Waals surface area (Å²) in [7, 11) is 1.29. The number of benzene rings is 3. The molecule has 1 heterocycles. The summed E-state index contributed by atoms with van der Waals surface area (Å²) < 4.78 is 10.3. The van der Waals surface area contributed by atoms with Gasteiger partial charge in [0.2, 0.25) is 0 Å². The lowest BCUT2D eigenvalue weighted by atomic mass is 9.94. The Morgan fingerprint density at radius 1 is 0.973 bits per heavy atom. The van der Waals surface area contributed by atoms with Crippen molar-refractivity contribution in [3.63, 3.8) is 0 Å². The molecule has 4 rings (SSSR count). The van der Waals surface area contributed by atoms with Gasteiger partial charge >= 0.3 is 5.97 Å². The topological polar surface area (TPSA) is 113 Å². The summed E-state index contributed by atoms with van der Waals surface area (Å²) >= 11 is 0. The normalized spacial score (nSPS) is 16.6. The van der Waals surface area contributed by atoms with E-state index in [4.69, 9.17) is 9.47 Å². The highest BCUT2D eigenvalue weighted by Crippen LogP contribution is 2.41. The molecule has 1 unspecified atom stereocenters. The highest BCUT2D eigenvalue weighted by molar-refractivity contribution is 6.46. The Morgan fingerprint density at radius 2 is 1.62 bits per heavy atom. The van der Waals surface area contributed by atoms with Crippen LogP contribution >= 0.6 is 0 Å². The van der Waals surface area contributed by atoms with Crippen molar-refractivity contribution in [1.29, 1.82) is 0 Å². The predicted molar refractivity (Wildman–Crippen MR) is 136 cm³/mol. The van der Waals surface area contributed by atoms with Crippen LogP contribution in [0, 0.1) is 6.92 Å². The van der Waals surface area contributed by atoms with Crippen molar-refractivity contribution < 1.29 is 34.1 Å². The van der Waals surface area contributed by atoms with Gasteiger partial charge in [-0.05, 0) is 73.0 Å². The standard InChI is InChI=1S/C29H27NO7/c1-4-37-23-14-11-21(15-17(23)2)26(32)24-25(19-9-12-22(31)13-10-19)30(28(34)27(24)33)16-18-5-7-20(8-6-18)29(35)36-3/h5-15,25,31-32H,4,16H2,1-3H3/b26-24-. The zero-order chi connectivity index (χ0) is 26.7. The van der Waals surface area contributed by atoms with Crippen molar-refractivity contribution >= 4 is 23.4 Å². The summed E-state index contributed by atoms with van der Waals surface area (Å²) in [5.74, 6) is -1.67. The number of Topliss-reactive ketones (excluding diaryl/α,β-unsaturated/α-hetero) is 1. The molecule has 0 radical (unpaired) electrons. The summed E-state index contributed by atoms with van der Waals surface area (Å²) in [6, 6.07) is 16.8. The number of hydrogen-bond donors (Lipinski definition) is 2. The number of likely N-dealkylation sites (tertiary alicyclic amines) is 1. The number of esters is 1. The number of methoxy groups -OCH3 is 1. The van der Waals surface area contributed by atoms with Crippen LogP contribution in [-0.4, -0.2) is 46.5 Å². The van der Waals surface area contributed by atoms with Gasteiger partial charge in [0.05, 0.1) is 30.9 Å². The Hall–Kier alpha value is -4.59. The van der Waals surface area contributed by atoms with Gasteiger partial charge in [-0.15, -0.1) is 0 Å². The minimum atomic E-state index is -0.896. The summed E-state index contributed by atoms with van der Waals surface area (Å²) in [6.07, 6.45) is 0. The molecular weight excluding hydrogens is 474 g/mol. The van der Waals surface area contributed by atoms with Crippen LogP contribution in [0.2, 0.25) is 0 Å². The maximum Gasteiger partial charge on any atom is 0.337 e. The molecule has 0 saturated carbocycles. The van der Waals surface area contributed by atoms with Gasteiger partial charge in [-0.25, -0.2) is 4.79 Å². The molecule has 1 aliphatic heterocycles. The Labute approximate surface area is 214 Å². The lowest BCUT2D eigenvalue weighted by Crippen LogP contribution is -2.29. The average Bonchev–Trinajstić information content (AvgIpc) is 3.15. The largest absolute Gasteiger partial charge is 0.508 e. The fourth-order valence-electron chi connectivity index (χ4n) is 4.38. The van der Waals surface area contributed by atoms with Crippen LogP contribution in [-0.2, 0) is 20.9 Å². The van der Waals surface area contributed by atoms with E-state index in [2.05, 4.69) is 0 Å². The third kappa shape index (κ3) is 5.04. The smallest absolute Gasteiger partial charge is 0.337 e. The quantitative estimate of drug-likeness (QED) is 0.212. The minimum absolute atomic E-state index is 0.0289. The van der Waals surface area contributed by atoms with Crippen molar-refractivity contribution in [2.75, 3.05) is 13.7 Å². The number of amides is 1. The van der Waals surface area contributed by atoms with E-state index in [1.165, 1.54) is 24.1 Å². The number of rotatable bonds is 7. The number of ether oxygens (including phenoxy) is 2. The second kappa shape index (κ2) is 10.6. The lowest BCUT2D eigenvalue weighted by Gasteiger charge is -2.25. The van der Waals surface area contributed by atoms with Gasteiger partial charge < -0.3 is 24.6 Å². The molecule has 1 atom stereocenters. The molecule has 0 aliphatic carbocycles. The average molecular weight is 502 g/mol. The van der Waals surface area contributed by atoms with E-state index >= 15 is 0 Å². The number of aryl methyl sites for hydroxylation is 1. The van der Waals surface area contributed by atoms with Crippen molar-refractivity contribution in [3.8, 4) is 11.5 Å². The summed E-state index contributed by atoms with van der Waals surface area (Å²) in [6.45, 7) is 4.24. The van der Waals surface area contributed by atoms with Crippen LogP contribution in [0.1, 0.15) is 45.6 Å². The van der Waals surface area contributed by atoms with Crippen LogP contribution in [0.3, 0.4) is 0 Å². The van der Waals surface area contributed by atoms with Gasteiger partial charge in [0.15, 0.2) is 0 Å². The Balaban J connectivity index is 1.79. The fraction of sp³-hybridized carbons (Fsp3) is 0.207. The molecule has 0 aromatic heterocycles. The molecule has 8 heteroatoms. The van der Waals surface area contributed by atoms with Crippen LogP contribution in [0.15, 0.2) is 72.3 Å². The number of carbonyl (C=O) groups is 3. The molecule has 190 valence electrons. The Kier molecular flexibility index (Phi) is 7.29. The van der Waals surface area contributed by atoms with Gasteiger partial charge in [0, 0.05) is 12.1 Å². The Bertz CT molecular complexity index is 1370. The molecular formula is C29H27NO7. The molecule has 1 aliphatic rings. The maximum absolute atomic E-state index is 13.3. The first kappa shape index (κ1) is 25.5. The van der Waals surface area contributed by atoms with E-state index in [0.717, 1.165) is 5.56 Å². The SMILES string of the molecule is CCOc1ccc(/C(O)=C2/C(=O)C(=O)N(Cc3ccc(C(=O)OC)cc3)C2c2ccc(O)cc2)cc1C. The zero-order valence-electron chi connectivity index (χ0n) is 20.7. The van der Waals surface area contributed by atoms with E-state index in [0.29, 0.717) is 34.6 Å². The molecule has 3 aromatic carbocycles. The van der Waals surface area contributed by atoms with Gasteiger partial charge in [-0.2, -0.15) is 0 Å². The number of aliphatic hydroxyl groups excluding tert-OH is 1. The number of phenolic OH excluding ortho intramolecular Hbond substituents is 1. The first-order chi connectivity index (χ1) is 17.7. The molecule has 0 spiro atoms.